The number of benzene rings is 1. The van der Waals surface area contributed by atoms with Crippen molar-refractivity contribution in [2.75, 3.05) is 30.9 Å². The Morgan fingerprint density at radius 2 is 1.80 bits per heavy atom. The third kappa shape index (κ3) is 4.55. The first-order valence-electron chi connectivity index (χ1n) is 6.48. The van der Waals surface area contributed by atoms with Crippen LogP contribution in [0, 0.1) is 0 Å². The Kier molecular flexibility index (Phi) is 5.99. The van der Waals surface area contributed by atoms with Crippen LogP contribution in [0.3, 0.4) is 0 Å². The number of hydrogen-bond donors (Lipinski definition) is 3. The molecule has 0 aliphatic rings. The number of amides is 2. The van der Waals surface area contributed by atoms with Gasteiger partial charge in [0.15, 0.2) is 0 Å². The summed E-state index contributed by atoms with van der Waals surface area (Å²) in [6, 6.07) is 6.74. The van der Waals surface area contributed by atoms with Crippen molar-refractivity contribution < 1.29 is 14.7 Å². The summed E-state index contributed by atoms with van der Waals surface area (Å²) in [7, 11) is 3.83. The van der Waals surface area contributed by atoms with Gasteiger partial charge in [0.25, 0.3) is 0 Å². The molecule has 1 atom stereocenters. The molecule has 2 amide bonds. The van der Waals surface area contributed by atoms with E-state index in [4.69, 9.17) is 5.11 Å². The lowest BCUT2D eigenvalue weighted by Crippen LogP contribution is -2.43. The zero-order chi connectivity index (χ0) is 15.1. The molecule has 0 spiro atoms. The molecule has 20 heavy (non-hydrogen) atoms. The highest BCUT2D eigenvalue weighted by atomic mass is 16.3. The monoisotopic (exact) mass is 279 g/mol. The van der Waals surface area contributed by atoms with Crippen LogP contribution in [-0.2, 0) is 9.59 Å². The summed E-state index contributed by atoms with van der Waals surface area (Å²) in [6.45, 7) is 1.63. The molecule has 0 aliphatic heterocycles. The Hall–Kier alpha value is -2.08. The fraction of sp³-hybridized carbons (Fsp3) is 0.429. The third-order valence-corrected chi connectivity index (χ3v) is 2.90. The highest BCUT2D eigenvalue weighted by Gasteiger charge is 2.17. The van der Waals surface area contributed by atoms with Crippen LogP contribution in [-0.4, -0.2) is 43.7 Å². The van der Waals surface area contributed by atoms with E-state index < -0.39 is 17.9 Å². The lowest BCUT2D eigenvalue weighted by molar-refractivity contribution is -0.136. The van der Waals surface area contributed by atoms with E-state index in [-0.39, 0.29) is 6.61 Å². The zero-order valence-corrected chi connectivity index (χ0v) is 12.0. The van der Waals surface area contributed by atoms with Gasteiger partial charge in [0.1, 0.15) is 0 Å². The molecule has 1 rings (SSSR count). The van der Waals surface area contributed by atoms with E-state index >= 15 is 0 Å². The third-order valence-electron chi connectivity index (χ3n) is 2.90. The molecule has 1 aromatic carbocycles. The van der Waals surface area contributed by atoms with Crippen molar-refractivity contribution in [1.29, 1.82) is 0 Å². The smallest absolute Gasteiger partial charge is 0.313 e. The van der Waals surface area contributed by atoms with Crippen molar-refractivity contribution in [2.24, 2.45) is 0 Å². The minimum Gasteiger partial charge on any atom is -0.394 e. The molecular weight excluding hydrogens is 258 g/mol. The van der Waals surface area contributed by atoms with Gasteiger partial charge in [-0.05, 0) is 30.7 Å². The van der Waals surface area contributed by atoms with Crippen molar-refractivity contribution in [3.05, 3.63) is 24.3 Å². The standard InChI is InChI=1S/C14H21N3O3/c1-4-10(9-18)15-13(19)14(20)16-11-5-7-12(8-6-11)17(2)3/h5-8,10,18H,4,9H2,1-3H3,(H,15,19)(H,16,20)/t10-/m1/s1. The van der Waals surface area contributed by atoms with Gasteiger partial charge in [0.2, 0.25) is 0 Å². The predicted molar refractivity (Wildman–Crippen MR) is 78.7 cm³/mol. The summed E-state index contributed by atoms with van der Waals surface area (Å²) in [6.07, 6.45) is 0.563. The average molecular weight is 279 g/mol. The van der Waals surface area contributed by atoms with Gasteiger partial charge in [0.05, 0.1) is 12.6 Å². The van der Waals surface area contributed by atoms with Gasteiger partial charge in [-0.15, -0.1) is 0 Å². The second-order valence-corrected chi connectivity index (χ2v) is 4.66. The SMILES string of the molecule is CC[C@H](CO)NC(=O)C(=O)Nc1ccc(N(C)C)cc1. The lowest BCUT2D eigenvalue weighted by atomic mass is 10.2. The normalized spacial score (nSPS) is 11.6. The molecule has 0 bridgehead atoms. The largest absolute Gasteiger partial charge is 0.394 e. The van der Waals surface area contributed by atoms with Crippen LogP contribution in [0.25, 0.3) is 0 Å². The number of carbonyl (C=O) groups excluding carboxylic acids is 2. The maximum absolute atomic E-state index is 11.7. The summed E-state index contributed by atoms with van der Waals surface area (Å²) in [5.74, 6) is -1.49. The van der Waals surface area contributed by atoms with Gasteiger partial charge in [-0.3, -0.25) is 9.59 Å². The lowest BCUT2D eigenvalue weighted by Gasteiger charge is -2.14. The van der Waals surface area contributed by atoms with E-state index in [0.29, 0.717) is 12.1 Å². The summed E-state index contributed by atoms with van der Waals surface area (Å²) >= 11 is 0. The quantitative estimate of drug-likeness (QED) is 0.689. The van der Waals surface area contributed by atoms with Crippen molar-refractivity contribution in [3.63, 3.8) is 0 Å². The molecule has 0 aliphatic carbocycles. The van der Waals surface area contributed by atoms with Crippen molar-refractivity contribution in [1.82, 2.24) is 5.32 Å². The Morgan fingerprint density at radius 1 is 1.20 bits per heavy atom. The van der Waals surface area contributed by atoms with Crippen LogP contribution in [0.5, 0.6) is 0 Å². The highest BCUT2D eigenvalue weighted by molar-refractivity contribution is 6.39. The molecule has 3 N–H and O–H groups in total. The van der Waals surface area contributed by atoms with E-state index in [1.807, 2.05) is 38.1 Å². The number of aliphatic hydroxyl groups excluding tert-OH is 1. The highest BCUT2D eigenvalue weighted by Crippen LogP contribution is 2.15. The van der Waals surface area contributed by atoms with Gasteiger partial charge in [0, 0.05) is 25.5 Å². The second-order valence-electron chi connectivity index (χ2n) is 4.66. The molecule has 0 fully saturated rings. The average Bonchev–Trinajstić information content (AvgIpc) is 2.44. The van der Waals surface area contributed by atoms with E-state index in [9.17, 15) is 9.59 Å². The number of hydrogen-bond acceptors (Lipinski definition) is 4. The van der Waals surface area contributed by atoms with Gasteiger partial charge in [-0.25, -0.2) is 0 Å². The minimum absolute atomic E-state index is 0.187. The van der Waals surface area contributed by atoms with Gasteiger partial charge < -0.3 is 20.6 Å². The molecule has 110 valence electrons. The van der Waals surface area contributed by atoms with Crippen LogP contribution in [0.15, 0.2) is 24.3 Å². The van der Waals surface area contributed by atoms with Crippen LogP contribution in [0.4, 0.5) is 11.4 Å². The number of aliphatic hydroxyl groups is 1. The topological polar surface area (TPSA) is 81.7 Å². The van der Waals surface area contributed by atoms with E-state index in [1.165, 1.54) is 0 Å². The predicted octanol–water partition coefficient (Wildman–Crippen LogP) is 0.578. The number of nitrogens with one attached hydrogen (secondary N) is 2. The first-order valence-corrected chi connectivity index (χ1v) is 6.48. The molecule has 0 heterocycles. The number of anilines is 2. The molecule has 6 nitrogen and oxygen atoms in total. The Balaban J connectivity index is 2.59. The van der Waals surface area contributed by atoms with Crippen LogP contribution in [0.1, 0.15) is 13.3 Å². The van der Waals surface area contributed by atoms with E-state index in [2.05, 4.69) is 10.6 Å². The number of rotatable bonds is 5. The summed E-state index contributed by atoms with van der Waals surface area (Å²) in [5.41, 5.74) is 1.55. The number of nitrogens with zero attached hydrogens (tertiary/aromatic N) is 1. The molecule has 1 aromatic rings. The Morgan fingerprint density at radius 3 is 2.25 bits per heavy atom. The van der Waals surface area contributed by atoms with Crippen LogP contribution < -0.4 is 15.5 Å². The first kappa shape index (κ1) is 16.0. The minimum atomic E-state index is -0.748. The molecule has 0 saturated carbocycles. The van der Waals surface area contributed by atoms with Crippen LogP contribution >= 0.6 is 0 Å². The van der Waals surface area contributed by atoms with Gasteiger partial charge in [-0.1, -0.05) is 6.92 Å². The van der Waals surface area contributed by atoms with Gasteiger partial charge >= 0.3 is 11.8 Å². The van der Waals surface area contributed by atoms with E-state index in [1.54, 1.807) is 12.1 Å². The van der Waals surface area contributed by atoms with E-state index in [0.717, 1.165) is 5.69 Å². The maximum Gasteiger partial charge on any atom is 0.313 e. The molecular formula is C14H21N3O3. The fourth-order valence-corrected chi connectivity index (χ4v) is 1.56. The molecule has 0 radical (unpaired) electrons. The first-order chi connectivity index (χ1) is 9.47. The second kappa shape index (κ2) is 7.49. The van der Waals surface area contributed by atoms with Gasteiger partial charge in [-0.2, -0.15) is 0 Å². The van der Waals surface area contributed by atoms with Crippen molar-refractivity contribution >= 4 is 23.2 Å². The Bertz CT molecular complexity index is 453. The summed E-state index contributed by atoms with van der Waals surface area (Å²) in [4.78, 5) is 25.2. The molecule has 0 aromatic heterocycles. The fourth-order valence-electron chi connectivity index (χ4n) is 1.56. The number of carbonyl (C=O) groups is 2. The summed E-state index contributed by atoms with van der Waals surface area (Å²) in [5, 5.41) is 13.9. The molecule has 0 unspecified atom stereocenters. The molecule has 0 saturated heterocycles. The Labute approximate surface area is 118 Å². The zero-order valence-electron chi connectivity index (χ0n) is 12.0. The maximum atomic E-state index is 11.7. The van der Waals surface area contributed by atoms with Crippen molar-refractivity contribution in [3.8, 4) is 0 Å². The summed E-state index contributed by atoms with van der Waals surface area (Å²) < 4.78 is 0. The van der Waals surface area contributed by atoms with Crippen molar-refractivity contribution in [2.45, 2.75) is 19.4 Å². The molecule has 6 heteroatoms. The van der Waals surface area contributed by atoms with Crippen LogP contribution in [0.2, 0.25) is 0 Å².